The highest BCUT2D eigenvalue weighted by atomic mass is 16.2. The summed E-state index contributed by atoms with van der Waals surface area (Å²) in [5.74, 6) is 0.0769. The van der Waals surface area contributed by atoms with Crippen LogP contribution in [-0.4, -0.2) is 30.8 Å². The molecule has 124 valence electrons. The fourth-order valence-electron chi connectivity index (χ4n) is 3.10. The van der Waals surface area contributed by atoms with Gasteiger partial charge in [0.05, 0.1) is 5.56 Å². The van der Waals surface area contributed by atoms with Gasteiger partial charge >= 0.3 is 0 Å². The van der Waals surface area contributed by atoms with Gasteiger partial charge in [-0.05, 0) is 31.5 Å². The van der Waals surface area contributed by atoms with Crippen LogP contribution in [0.4, 0.5) is 0 Å². The molecule has 1 heterocycles. The van der Waals surface area contributed by atoms with Crippen LogP contribution < -0.4 is 10.6 Å². The van der Waals surface area contributed by atoms with Crippen molar-refractivity contribution < 1.29 is 9.59 Å². The van der Waals surface area contributed by atoms with Gasteiger partial charge in [0.1, 0.15) is 0 Å². The molecule has 1 amide bonds. The zero-order valence-electron chi connectivity index (χ0n) is 13.8. The number of amides is 1. The molecule has 1 aliphatic rings. The Bertz CT molecular complexity index is 727. The van der Waals surface area contributed by atoms with E-state index in [2.05, 4.69) is 17.6 Å². The quantitative estimate of drug-likeness (QED) is 0.851. The van der Waals surface area contributed by atoms with Crippen molar-refractivity contribution in [3.63, 3.8) is 0 Å². The molecule has 0 bridgehead atoms. The van der Waals surface area contributed by atoms with Crippen molar-refractivity contribution in [2.24, 2.45) is 5.92 Å². The standard InChI is InChI=1S/C20H22N2O2/c1-14-13-21-12-11-18(14)22-20(24)17-10-6-5-9-16(17)19(23)15-7-3-2-4-8-15/h2-10,14,18,21H,11-13H2,1H3,(H,22,24). The average molecular weight is 322 g/mol. The minimum atomic E-state index is -0.173. The second kappa shape index (κ2) is 7.41. The average Bonchev–Trinajstić information content (AvgIpc) is 2.63. The number of nitrogens with one attached hydrogen (secondary N) is 2. The number of piperidine rings is 1. The van der Waals surface area contributed by atoms with Gasteiger partial charge in [0.25, 0.3) is 5.91 Å². The maximum Gasteiger partial charge on any atom is 0.252 e. The lowest BCUT2D eigenvalue weighted by molar-refractivity contribution is 0.0905. The number of hydrogen-bond acceptors (Lipinski definition) is 3. The van der Waals surface area contributed by atoms with Crippen molar-refractivity contribution in [3.8, 4) is 0 Å². The van der Waals surface area contributed by atoms with Crippen LogP contribution in [0.3, 0.4) is 0 Å². The molecule has 1 fully saturated rings. The molecule has 4 nitrogen and oxygen atoms in total. The Labute approximate surface area is 142 Å². The van der Waals surface area contributed by atoms with E-state index in [1.54, 1.807) is 36.4 Å². The lowest BCUT2D eigenvalue weighted by Gasteiger charge is -2.30. The molecule has 0 aromatic heterocycles. The first-order chi connectivity index (χ1) is 11.7. The maximum atomic E-state index is 12.7. The van der Waals surface area contributed by atoms with Crippen molar-refractivity contribution in [2.45, 2.75) is 19.4 Å². The normalized spacial score (nSPS) is 20.4. The number of rotatable bonds is 4. The number of benzene rings is 2. The maximum absolute atomic E-state index is 12.7. The summed E-state index contributed by atoms with van der Waals surface area (Å²) in [7, 11) is 0. The topological polar surface area (TPSA) is 58.2 Å². The van der Waals surface area contributed by atoms with E-state index >= 15 is 0 Å². The van der Waals surface area contributed by atoms with Crippen LogP contribution >= 0.6 is 0 Å². The van der Waals surface area contributed by atoms with Crippen molar-refractivity contribution in [2.75, 3.05) is 13.1 Å². The van der Waals surface area contributed by atoms with Crippen LogP contribution in [0.5, 0.6) is 0 Å². The third kappa shape index (κ3) is 3.54. The molecule has 0 radical (unpaired) electrons. The van der Waals surface area contributed by atoms with Gasteiger partial charge in [0.15, 0.2) is 5.78 Å². The van der Waals surface area contributed by atoms with Crippen LogP contribution in [0, 0.1) is 5.92 Å². The molecule has 4 heteroatoms. The molecule has 2 N–H and O–H groups in total. The van der Waals surface area contributed by atoms with E-state index in [0.717, 1.165) is 19.5 Å². The highest BCUT2D eigenvalue weighted by Gasteiger charge is 2.25. The van der Waals surface area contributed by atoms with Crippen LogP contribution in [0.15, 0.2) is 54.6 Å². The molecule has 0 aliphatic carbocycles. The molecule has 2 aromatic rings. The van der Waals surface area contributed by atoms with E-state index in [-0.39, 0.29) is 17.7 Å². The van der Waals surface area contributed by atoms with Crippen LogP contribution in [0.25, 0.3) is 0 Å². The van der Waals surface area contributed by atoms with Crippen molar-refractivity contribution in [1.82, 2.24) is 10.6 Å². The lowest BCUT2D eigenvalue weighted by Crippen LogP contribution is -2.48. The van der Waals surface area contributed by atoms with Crippen molar-refractivity contribution in [3.05, 3.63) is 71.3 Å². The molecule has 2 unspecified atom stereocenters. The smallest absolute Gasteiger partial charge is 0.252 e. The molecule has 0 saturated carbocycles. The van der Waals surface area contributed by atoms with Crippen molar-refractivity contribution in [1.29, 1.82) is 0 Å². The van der Waals surface area contributed by atoms with Crippen LogP contribution in [0.1, 0.15) is 39.6 Å². The van der Waals surface area contributed by atoms with Gasteiger partial charge in [-0.3, -0.25) is 9.59 Å². The summed E-state index contributed by atoms with van der Waals surface area (Å²) < 4.78 is 0. The first-order valence-electron chi connectivity index (χ1n) is 8.37. The minimum absolute atomic E-state index is 0.125. The summed E-state index contributed by atoms with van der Waals surface area (Å²) in [6, 6.07) is 16.2. The first kappa shape index (κ1) is 16.4. The first-order valence-corrected chi connectivity index (χ1v) is 8.37. The Morgan fingerprint density at radius 1 is 1.00 bits per heavy atom. The number of carbonyl (C=O) groups is 2. The highest BCUT2D eigenvalue weighted by Crippen LogP contribution is 2.17. The predicted octanol–water partition coefficient (Wildman–Crippen LogP) is 2.65. The highest BCUT2D eigenvalue weighted by molar-refractivity contribution is 6.15. The molecular formula is C20H22N2O2. The Kier molecular flexibility index (Phi) is 5.06. The van der Waals surface area contributed by atoms with Gasteiger partial charge in [0.2, 0.25) is 0 Å². The lowest BCUT2D eigenvalue weighted by atomic mass is 9.94. The predicted molar refractivity (Wildman–Crippen MR) is 94.2 cm³/mol. The Morgan fingerprint density at radius 3 is 2.38 bits per heavy atom. The summed E-state index contributed by atoms with van der Waals surface area (Å²) in [5, 5.41) is 6.42. The third-order valence-electron chi connectivity index (χ3n) is 4.55. The van der Waals surface area contributed by atoms with E-state index < -0.39 is 0 Å². The van der Waals surface area contributed by atoms with Gasteiger partial charge in [0, 0.05) is 17.2 Å². The number of ketones is 1. The van der Waals surface area contributed by atoms with E-state index in [9.17, 15) is 9.59 Å². The number of hydrogen-bond donors (Lipinski definition) is 2. The van der Waals surface area contributed by atoms with Gasteiger partial charge in [-0.2, -0.15) is 0 Å². The second-order valence-electron chi connectivity index (χ2n) is 6.29. The SMILES string of the molecule is CC1CNCCC1NC(=O)c1ccccc1C(=O)c1ccccc1. The van der Waals surface area contributed by atoms with E-state index in [1.807, 2.05) is 18.2 Å². The summed E-state index contributed by atoms with van der Waals surface area (Å²) >= 11 is 0. The monoisotopic (exact) mass is 322 g/mol. The molecule has 0 spiro atoms. The third-order valence-corrected chi connectivity index (χ3v) is 4.55. The van der Waals surface area contributed by atoms with Gasteiger partial charge in [-0.15, -0.1) is 0 Å². The van der Waals surface area contributed by atoms with Gasteiger partial charge in [-0.1, -0.05) is 55.5 Å². The van der Waals surface area contributed by atoms with Gasteiger partial charge in [-0.25, -0.2) is 0 Å². The molecule has 2 aromatic carbocycles. The Hall–Kier alpha value is -2.46. The van der Waals surface area contributed by atoms with E-state index in [1.165, 1.54) is 0 Å². The molecular weight excluding hydrogens is 300 g/mol. The molecule has 3 rings (SSSR count). The molecule has 1 aliphatic heterocycles. The second-order valence-corrected chi connectivity index (χ2v) is 6.29. The van der Waals surface area contributed by atoms with E-state index in [4.69, 9.17) is 0 Å². The molecule has 2 atom stereocenters. The Balaban J connectivity index is 1.83. The zero-order chi connectivity index (χ0) is 16.9. The fraction of sp³-hybridized carbons (Fsp3) is 0.300. The molecule has 24 heavy (non-hydrogen) atoms. The summed E-state index contributed by atoms with van der Waals surface area (Å²) in [6.07, 6.45) is 0.904. The van der Waals surface area contributed by atoms with Gasteiger partial charge < -0.3 is 10.6 Å². The molecule has 1 saturated heterocycles. The minimum Gasteiger partial charge on any atom is -0.349 e. The summed E-state index contributed by atoms with van der Waals surface area (Å²) in [5.41, 5.74) is 1.48. The van der Waals surface area contributed by atoms with E-state index in [0.29, 0.717) is 22.6 Å². The number of carbonyl (C=O) groups excluding carboxylic acids is 2. The Morgan fingerprint density at radius 2 is 1.67 bits per heavy atom. The summed E-state index contributed by atoms with van der Waals surface area (Å²) in [4.78, 5) is 25.5. The van der Waals surface area contributed by atoms with Crippen LogP contribution in [-0.2, 0) is 0 Å². The fourth-order valence-corrected chi connectivity index (χ4v) is 3.10. The summed E-state index contributed by atoms with van der Waals surface area (Å²) in [6.45, 7) is 3.92. The largest absolute Gasteiger partial charge is 0.349 e. The van der Waals surface area contributed by atoms with Crippen LogP contribution in [0.2, 0.25) is 0 Å². The van der Waals surface area contributed by atoms with Crippen molar-refractivity contribution >= 4 is 11.7 Å². The zero-order valence-corrected chi connectivity index (χ0v) is 13.8.